The number of benzene rings is 2. The number of rotatable bonds is 4. The Hall–Kier alpha value is -2.97. The first-order valence-electron chi connectivity index (χ1n) is 10.5. The van der Waals surface area contributed by atoms with Crippen LogP contribution in [0.25, 0.3) is 0 Å². The number of hydrogen-bond donors (Lipinski definition) is 0. The molecule has 3 rings (SSSR count). The predicted octanol–water partition coefficient (Wildman–Crippen LogP) is 5.97. The molecule has 148 valence electrons. The summed E-state index contributed by atoms with van der Waals surface area (Å²) in [5.41, 5.74) is 2.83. The molecule has 0 N–H and O–H groups in total. The average molecular weight is 385 g/mol. The van der Waals surface area contributed by atoms with Gasteiger partial charge in [-0.1, -0.05) is 37.5 Å². The first-order chi connectivity index (χ1) is 14.2. The number of ether oxygens (including phenoxy) is 1. The first kappa shape index (κ1) is 20.8. The van der Waals surface area contributed by atoms with Gasteiger partial charge in [0.05, 0.1) is 5.92 Å². The zero-order valence-corrected chi connectivity index (χ0v) is 17.3. The molecule has 0 radical (unpaired) electrons. The van der Waals surface area contributed by atoms with Gasteiger partial charge < -0.3 is 4.74 Å². The zero-order chi connectivity index (χ0) is 20.5. The van der Waals surface area contributed by atoms with E-state index in [1.54, 1.807) is 0 Å². The fraction of sp³-hybridized carbons (Fsp3) is 0.370. The lowest BCUT2D eigenvalue weighted by Gasteiger charge is -2.26. The molecule has 0 atom stereocenters. The molecule has 1 fully saturated rings. The van der Waals surface area contributed by atoms with Gasteiger partial charge in [0, 0.05) is 16.7 Å². The molecule has 0 bridgehead atoms. The normalized spacial score (nSPS) is 18.0. The predicted molar refractivity (Wildman–Crippen MR) is 117 cm³/mol. The topological polar surface area (TPSA) is 26.3 Å². The molecule has 0 aromatic heterocycles. The smallest absolute Gasteiger partial charge is 0.314 e. The summed E-state index contributed by atoms with van der Waals surface area (Å²) < 4.78 is 5.60. The molecule has 0 amide bonds. The van der Waals surface area contributed by atoms with Crippen LogP contribution < -0.4 is 4.74 Å². The van der Waals surface area contributed by atoms with Crippen molar-refractivity contribution < 1.29 is 9.53 Å². The quantitative estimate of drug-likeness (QED) is 0.369. The molecule has 2 aromatic carbocycles. The lowest BCUT2D eigenvalue weighted by molar-refractivity contribution is -0.140. The average Bonchev–Trinajstić information content (AvgIpc) is 2.75. The minimum absolute atomic E-state index is 0.0444. The van der Waals surface area contributed by atoms with Crippen LogP contribution in [-0.4, -0.2) is 5.97 Å². The van der Waals surface area contributed by atoms with Crippen molar-refractivity contribution in [1.82, 2.24) is 0 Å². The first-order valence-corrected chi connectivity index (χ1v) is 10.5. The minimum atomic E-state index is -0.0888. The summed E-state index contributed by atoms with van der Waals surface area (Å²) >= 11 is 0. The summed E-state index contributed by atoms with van der Waals surface area (Å²) in [5.74, 6) is 13.5. The van der Waals surface area contributed by atoms with E-state index in [-0.39, 0.29) is 11.9 Å². The number of hydrogen-bond acceptors (Lipinski definition) is 2. The second-order valence-electron chi connectivity index (χ2n) is 7.65. The van der Waals surface area contributed by atoms with Crippen LogP contribution in [0.1, 0.15) is 69.1 Å². The number of esters is 1. The van der Waals surface area contributed by atoms with Crippen molar-refractivity contribution in [3.63, 3.8) is 0 Å². The highest BCUT2D eigenvalue weighted by molar-refractivity contribution is 5.75. The molecule has 0 saturated heterocycles. The van der Waals surface area contributed by atoms with Gasteiger partial charge in [0.25, 0.3) is 0 Å². The van der Waals surface area contributed by atoms with Gasteiger partial charge in [0.1, 0.15) is 5.75 Å². The fourth-order valence-electron chi connectivity index (χ4n) is 3.83. The summed E-state index contributed by atoms with van der Waals surface area (Å²) in [5, 5.41) is 0. The summed E-state index contributed by atoms with van der Waals surface area (Å²) in [4.78, 5) is 12.4. The molecular weight excluding hydrogens is 356 g/mol. The lowest BCUT2D eigenvalue weighted by Crippen LogP contribution is -2.25. The highest BCUT2D eigenvalue weighted by Crippen LogP contribution is 2.32. The van der Waals surface area contributed by atoms with Gasteiger partial charge in [-0.15, -0.1) is 5.92 Å². The minimum Gasteiger partial charge on any atom is -0.426 e. The van der Waals surface area contributed by atoms with E-state index in [2.05, 4.69) is 30.6 Å². The highest BCUT2D eigenvalue weighted by atomic mass is 16.5. The van der Waals surface area contributed by atoms with E-state index in [4.69, 9.17) is 4.74 Å². The summed E-state index contributed by atoms with van der Waals surface area (Å²) in [6.45, 7) is 4.06. The van der Waals surface area contributed by atoms with Crippen LogP contribution in [0.2, 0.25) is 0 Å². The molecular formula is C27H28O2. The third-order valence-corrected chi connectivity index (χ3v) is 5.46. The molecule has 1 aliphatic rings. The Morgan fingerprint density at radius 1 is 0.862 bits per heavy atom. The van der Waals surface area contributed by atoms with Crippen molar-refractivity contribution in [1.29, 1.82) is 0 Å². The monoisotopic (exact) mass is 384 g/mol. The Morgan fingerprint density at radius 3 is 1.90 bits per heavy atom. The van der Waals surface area contributed by atoms with Crippen molar-refractivity contribution in [3.8, 4) is 29.4 Å². The molecule has 0 heterocycles. The number of carbonyl (C=O) groups excluding carboxylic acids is 1. The van der Waals surface area contributed by atoms with Gasteiger partial charge in [-0.05, 0) is 87.1 Å². The van der Waals surface area contributed by atoms with Crippen LogP contribution in [0.5, 0.6) is 5.75 Å². The SMILES string of the molecule is CC#Cc1ccc(C#Cc2ccc(OC(=O)C3CCC(CCC)CC3)cc2)cc1. The number of carbonyl (C=O) groups is 1. The van der Waals surface area contributed by atoms with Crippen molar-refractivity contribution in [2.45, 2.75) is 52.4 Å². The van der Waals surface area contributed by atoms with Crippen LogP contribution in [0, 0.1) is 35.5 Å². The zero-order valence-electron chi connectivity index (χ0n) is 17.3. The molecule has 0 unspecified atom stereocenters. The van der Waals surface area contributed by atoms with Gasteiger partial charge in [0.2, 0.25) is 0 Å². The van der Waals surface area contributed by atoms with Crippen LogP contribution in [0.4, 0.5) is 0 Å². The van der Waals surface area contributed by atoms with Crippen LogP contribution in [0.3, 0.4) is 0 Å². The fourth-order valence-corrected chi connectivity index (χ4v) is 3.83. The molecule has 29 heavy (non-hydrogen) atoms. The van der Waals surface area contributed by atoms with E-state index in [9.17, 15) is 4.79 Å². The summed E-state index contributed by atoms with van der Waals surface area (Å²) in [6, 6.07) is 15.3. The molecule has 2 aromatic rings. The van der Waals surface area contributed by atoms with Gasteiger partial charge in [0.15, 0.2) is 0 Å². The van der Waals surface area contributed by atoms with Gasteiger partial charge in [-0.2, -0.15) is 0 Å². The Kier molecular flexibility index (Phi) is 7.54. The Bertz CT molecular complexity index is 923. The van der Waals surface area contributed by atoms with Crippen molar-refractivity contribution >= 4 is 5.97 Å². The Labute approximate surface area is 174 Å². The van der Waals surface area contributed by atoms with Crippen LogP contribution in [-0.2, 0) is 4.79 Å². The Balaban J connectivity index is 1.54. The van der Waals surface area contributed by atoms with Gasteiger partial charge in [-0.3, -0.25) is 4.79 Å². The largest absolute Gasteiger partial charge is 0.426 e. The van der Waals surface area contributed by atoms with E-state index in [1.165, 1.54) is 12.8 Å². The van der Waals surface area contributed by atoms with E-state index in [1.807, 2.05) is 55.5 Å². The van der Waals surface area contributed by atoms with E-state index in [0.717, 1.165) is 48.3 Å². The molecule has 2 heteroatoms. The lowest BCUT2D eigenvalue weighted by atomic mass is 9.80. The van der Waals surface area contributed by atoms with Crippen molar-refractivity contribution in [2.75, 3.05) is 0 Å². The van der Waals surface area contributed by atoms with E-state index in [0.29, 0.717) is 5.75 Å². The molecule has 1 aliphatic carbocycles. The van der Waals surface area contributed by atoms with Crippen molar-refractivity contribution in [3.05, 3.63) is 65.2 Å². The summed E-state index contributed by atoms with van der Waals surface area (Å²) in [6.07, 6.45) is 6.71. The third kappa shape index (κ3) is 6.27. The summed E-state index contributed by atoms with van der Waals surface area (Å²) in [7, 11) is 0. The van der Waals surface area contributed by atoms with Crippen molar-refractivity contribution in [2.24, 2.45) is 11.8 Å². The molecule has 1 saturated carbocycles. The maximum absolute atomic E-state index is 12.4. The standard InChI is InChI=1S/C27H28O2/c1-3-5-21-7-9-23(10-8-21)11-12-24-15-19-26(20-16-24)29-27(28)25-17-13-22(6-4-2)14-18-25/h7-10,15-16,19-20,22,25H,4,6,13-14,17-18H2,1-2H3. The molecule has 2 nitrogen and oxygen atoms in total. The van der Waals surface area contributed by atoms with Crippen LogP contribution in [0.15, 0.2) is 48.5 Å². The van der Waals surface area contributed by atoms with E-state index >= 15 is 0 Å². The second-order valence-corrected chi connectivity index (χ2v) is 7.65. The second kappa shape index (κ2) is 10.5. The molecule has 0 spiro atoms. The Morgan fingerprint density at radius 2 is 1.38 bits per heavy atom. The highest BCUT2D eigenvalue weighted by Gasteiger charge is 2.27. The molecule has 0 aliphatic heterocycles. The van der Waals surface area contributed by atoms with Crippen LogP contribution >= 0.6 is 0 Å². The van der Waals surface area contributed by atoms with Gasteiger partial charge in [-0.25, -0.2) is 0 Å². The third-order valence-electron chi connectivity index (χ3n) is 5.46. The van der Waals surface area contributed by atoms with E-state index < -0.39 is 0 Å². The van der Waals surface area contributed by atoms with Gasteiger partial charge >= 0.3 is 5.97 Å². The maximum Gasteiger partial charge on any atom is 0.314 e. The maximum atomic E-state index is 12.4.